The molecule has 3 aromatic carbocycles. The molecule has 1 aliphatic heterocycles. The maximum Gasteiger partial charge on any atom is 0.268 e. The van der Waals surface area contributed by atoms with Gasteiger partial charge in [-0.25, -0.2) is 0 Å². The Balaban J connectivity index is 1.87. The standard InChI is InChI=1S/C23H19NO2/c1-17-20-14-8-9-15-21(20)24(16-18-10-4-2-5-11-18)22(25)23(17,26)19-12-6-3-7-13-19/h2-15,26H,1,16H2. The van der Waals surface area contributed by atoms with Crippen molar-refractivity contribution in [2.75, 3.05) is 4.90 Å². The summed E-state index contributed by atoms with van der Waals surface area (Å²) in [5, 5.41) is 11.5. The van der Waals surface area contributed by atoms with E-state index in [2.05, 4.69) is 6.58 Å². The van der Waals surface area contributed by atoms with Crippen molar-refractivity contribution in [3.05, 3.63) is 108 Å². The van der Waals surface area contributed by atoms with Gasteiger partial charge in [-0.1, -0.05) is 85.4 Å². The molecule has 26 heavy (non-hydrogen) atoms. The highest BCUT2D eigenvalue weighted by molar-refractivity contribution is 6.14. The predicted octanol–water partition coefficient (Wildman–Crippen LogP) is 4.13. The van der Waals surface area contributed by atoms with Crippen molar-refractivity contribution in [2.24, 2.45) is 0 Å². The Kier molecular flexibility index (Phi) is 3.94. The molecule has 1 aliphatic rings. The quantitative estimate of drug-likeness (QED) is 0.778. The first kappa shape index (κ1) is 16.3. The zero-order valence-corrected chi connectivity index (χ0v) is 14.3. The number of benzene rings is 3. The van der Waals surface area contributed by atoms with Gasteiger partial charge in [0.05, 0.1) is 12.2 Å². The third-order valence-corrected chi connectivity index (χ3v) is 4.89. The smallest absolute Gasteiger partial charge is 0.268 e. The van der Waals surface area contributed by atoms with E-state index in [0.29, 0.717) is 17.7 Å². The van der Waals surface area contributed by atoms with Crippen molar-refractivity contribution >= 4 is 17.2 Å². The van der Waals surface area contributed by atoms with Crippen LogP contribution in [0.2, 0.25) is 0 Å². The average molecular weight is 341 g/mol. The summed E-state index contributed by atoms with van der Waals surface area (Å²) in [7, 11) is 0. The van der Waals surface area contributed by atoms with Gasteiger partial charge in [-0.2, -0.15) is 0 Å². The molecule has 1 atom stereocenters. The molecular formula is C23H19NO2. The van der Waals surface area contributed by atoms with Crippen LogP contribution in [0.15, 0.2) is 91.5 Å². The highest BCUT2D eigenvalue weighted by Crippen LogP contribution is 2.45. The Bertz CT molecular complexity index is 966. The van der Waals surface area contributed by atoms with Gasteiger partial charge in [0.2, 0.25) is 0 Å². The number of anilines is 1. The maximum atomic E-state index is 13.4. The molecule has 0 aromatic heterocycles. The topological polar surface area (TPSA) is 40.5 Å². The average Bonchev–Trinajstić information content (AvgIpc) is 2.71. The number of nitrogens with zero attached hydrogens (tertiary/aromatic N) is 1. The molecule has 0 aliphatic carbocycles. The number of hydrogen-bond donors (Lipinski definition) is 1. The van der Waals surface area contributed by atoms with Crippen LogP contribution in [0.3, 0.4) is 0 Å². The molecule has 0 spiro atoms. The molecule has 3 aromatic rings. The molecule has 128 valence electrons. The zero-order chi connectivity index (χ0) is 18.1. The minimum absolute atomic E-state index is 0.378. The van der Waals surface area contributed by atoms with Crippen LogP contribution in [0.25, 0.3) is 5.57 Å². The summed E-state index contributed by atoms with van der Waals surface area (Å²) in [6.45, 7) is 4.47. The van der Waals surface area contributed by atoms with Crippen LogP contribution in [0.1, 0.15) is 16.7 Å². The molecule has 0 radical (unpaired) electrons. The van der Waals surface area contributed by atoms with Gasteiger partial charge >= 0.3 is 0 Å². The van der Waals surface area contributed by atoms with E-state index in [-0.39, 0.29) is 5.91 Å². The summed E-state index contributed by atoms with van der Waals surface area (Å²) in [5.41, 5.74) is 1.72. The molecule has 0 bridgehead atoms. The van der Waals surface area contributed by atoms with E-state index in [1.54, 1.807) is 17.0 Å². The summed E-state index contributed by atoms with van der Waals surface area (Å²) in [6, 6.07) is 26.4. The van der Waals surface area contributed by atoms with Gasteiger partial charge in [-0.15, -0.1) is 0 Å². The lowest BCUT2D eigenvalue weighted by Crippen LogP contribution is -2.50. The molecular weight excluding hydrogens is 322 g/mol. The van der Waals surface area contributed by atoms with Crippen molar-refractivity contribution in [2.45, 2.75) is 12.1 Å². The first-order chi connectivity index (χ1) is 12.6. The maximum absolute atomic E-state index is 13.4. The van der Waals surface area contributed by atoms with Crippen molar-refractivity contribution in [1.29, 1.82) is 0 Å². The third-order valence-electron chi connectivity index (χ3n) is 4.89. The number of carbonyl (C=O) groups excluding carboxylic acids is 1. The highest BCUT2D eigenvalue weighted by atomic mass is 16.3. The molecule has 0 saturated heterocycles. The SMILES string of the molecule is C=C1c2ccccc2N(Cc2ccccc2)C(=O)C1(O)c1ccccc1. The molecule has 1 N–H and O–H groups in total. The van der Waals surface area contributed by atoms with Crippen LogP contribution in [0.5, 0.6) is 0 Å². The summed E-state index contributed by atoms with van der Waals surface area (Å²) in [4.78, 5) is 15.1. The van der Waals surface area contributed by atoms with Crippen LogP contribution in [0.4, 0.5) is 5.69 Å². The molecule has 1 unspecified atom stereocenters. The summed E-state index contributed by atoms with van der Waals surface area (Å²) in [6.07, 6.45) is 0. The second-order valence-corrected chi connectivity index (χ2v) is 6.45. The Morgan fingerprint density at radius 3 is 2.12 bits per heavy atom. The molecule has 1 heterocycles. The zero-order valence-electron chi connectivity index (χ0n) is 14.3. The van der Waals surface area contributed by atoms with Crippen molar-refractivity contribution in [1.82, 2.24) is 0 Å². The van der Waals surface area contributed by atoms with Gasteiger partial charge in [-0.3, -0.25) is 4.79 Å². The second-order valence-electron chi connectivity index (χ2n) is 6.45. The molecule has 3 heteroatoms. The van der Waals surface area contributed by atoms with Crippen molar-refractivity contribution < 1.29 is 9.90 Å². The largest absolute Gasteiger partial charge is 0.372 e. The Morgan fingerprint density at radius 1 is 0.846 bits per heavy atom. The number of aliphatic hydroxyl groups is 1. The monoisotopic (exact) mass is 341 g/mol. The fraction of sp³-hybridized carbons (Fsp3) is 0.0870. The van der Waals surface area contributed by atoms with E-state index in [1.807, 2.05) is 72.8 Å². The second kappa shape index (κ2) is 6.28. The Hall–Kier alpha value is -3.17. The summed E-state index contributed by atoms with van der Waals surface area (Å²) in [5.74, 6) is -0.378. The van der Waals surface area contributed by atoms with E-state index in [4.69, 9.17) is 0 Å². The predicted molar refractivity (Wildman–Crippen MR) is 103 cm³/mol. The lowest BCUT2D eigenvalue weighted by atomic mass is 9.78. The van der Waals surface area contributed by atoms with E-state index < -0.39 is 5.60 Å². The van der Waals surface area contributed by atoms with E-state index >= 15 is 0 Å². The first-order valence-electron chi connectivity index (χ1n) is 8.55. The molecule has 0 saturated carbocycles. The molecule has 3 nitrogen and oxygen atoms in total. The van der Waals surface area contributed by atoms with Crippen molar-refractivity contribution in [3.63, 3.8) is 0 Å². The Labute approximate surface area is 152 Å². The normalized spacial score (nSPS) is 19.3. The van der Waals surface area contributed by atoms with Crippen molar-refractivity contribution in [3.8, 4) is 0 Å². The van der Waals surface area contributed by atoms with Gasteiger partial charge in [0.25, 0.3) is 5.91 Å². The van der Waals surface area contributed by atoms with Gasteiger partial charge in [-0.05, 0) is 22.8 Å². The summed E-state index contributed by atoms with van der Waals surface area (Å²) < 4.78 is 0. The van der Waals surface area contributed by atoms with Crippen LogP contribution in [0, 0.1) is 0 Å². The van der Waals surface area contributed by atoms with Gasteiger partial charge in [0.1, 0.15) is 0 Å². The first-order valence-corrected chi connectivity index (χ1v) is 8.55. The fourth-order valence-electron chi connectivity index (χ4n) is 3.49. The fourth-order valence-corrected chi connectivity index (χ4v) is 3.49. The lowest BCUT2D eigenvalue weighted by molar-refractivity contribution is -0.132. The Morgan fingerprint density at radius 2 is 1.42 bits per heavy atom. The number of rotatable bonds is 3. The van der Waals surface area contributed by atoms with Crippen LogP contribution < -0.4 is 4.90 Å². The minimum atomic E-state index is -1.77. The summed E-state index contributed by atoms with van der Waals surface area (Å²) >= 11 is 0. The van der Waals surface area contributed by atoms with Gasteiger partial charge in [0.15, 0.2) is 5.60 Å². The number of fused-ring (bicyclic) bond motifs is 1. The molecule has 4 rings (SSSR count). The van der Waals surface area contributed by atoms with Crippen LogP contribution in [-0.4, -0.2) is 11.0 Å². The minimum Gasteiger partial charge on any atom is -0.372 e. The molecule has 1 amide bonds. The number of amides is 1. The number of hydrogen-bond acceptors (Lipinski definition) is 2. The van der Waals surface area contributed by atoms with Crippen LogP contribution in [-0.2, 0) is 16.9 Å². The highest BCUT2D eigenvalue weighted by Gasteiger charge is 2.48. The molecule has 0 fully saturated rings. The number of para-hydroxylation sites is 1. The van der Waals surface area contributed by atoms with Gasteiger partial charge < -0.3 is 10.0 Å². The number of carbonyl (C=O) groups is 1. The van der Waals surface area contributed by atoms with E-state index in [9.17, 15) is 9.90 Å². The lowest BCUT2D eigenvalue weighted by Gasteiger charge is -2.41. The van der Waals surface area contributed by atoms with E-state index in [1.165, 1.54) is 0 Å². The van der Waals surface area contributed by atoms with Gasteiger partial charge in [0, 0.05) is 5.56 Å². The van der Waals surface area contributed by atoms with E-state index in [0.717, 1.165) is 16.8 Å². The van der Waals surface area contributed by atoms with Crippen LogP contribution >= 0.6 is 0 Å². The third kappa shape index (κ3) is 2.45.